The fourth-order valence-electron chi connectivity index (χ4n) is 2.37. The zero-order valence-electron chi connectivity index (χ0n) is 16.5. The molecular weight excluding hydrogens is 403 g/mol. The lowest BCUT2D eigenvalue weighted by Gasteiger charge is -2.11. The summed E-state index contributed by atoms with van der Waals surface area (Å²) in [4.78, 5) is 21.5. The van der Waals surface area contributed by atoms with E-state index in [1.54, 1.807) is 26.2 Å². The van der Waals surface area contributed by atoms with E-state index in [-0.39, 0.29) is 5.91 Å². The molecule has 10 heteroatoms. The Hall–Kier alpha value is -2.62. The van der Waals surface area contributed by atoms with Crippen molar-refractivity contribution in [3.8, 4) is 0 Å². The first-order valence-electron chi connectivity index (χ1n) is 9.05. The molecule has 29 heavy (non-hydrogen) atoms. The summed E-state index contributed by atoms with van der Waals surface area (Å²) in [6, 6.07) is 7.21. The fraction of sp³-hybridized carbons (Fsp3) is 0.421. The third kappa shape index (κ3) is 7.04. The van der Waals surface area contributed by atoms with Gasteiger partial charge in [-0.05, 0) is 24.6 Å². The average Bonchev–Trinajstić information content (AvgIpc) is 3.15. The van der Waals surface area contributed by atoms with Gasteiger partial charge in [-0.2, -0.15) is 13.2 Å². The molecule has 2 aromatic rings. The van der Waals surface area contributed by atoms with Crippen LogP contribution in [0.4, 0.5) is 13.2 Å². The monoisotopic (exact) mass is 427 g/mol. The number of carbonyl (C=O) groups excluding carboxylic acids is 1. The number of nitrogens with zero attached hydrogens (tertiary/aromatic N) is 3. The van der Waals surface area contributed by atoms with Gasteiger partial charge in [0.05, 0.1) is 11.6 Å². The Morgan fingerprint density at radius 2 is 1.90 bits per heavy atom. The molecule has 0 aliphatic rings. The van der Waals surface area contributed by atoms with E-state index in [9.17, 15) is 18.0 Å². The second-order valence-electron chi connectivity index (χ2n) is 6.39. The Morgan fingerprint density at radius 1 is 1.21 bits per heavy atom. The number of alkyl halides is 3. The molecule has 0 saturated carbocycles. The highest BCUT2D eigenvalue weighted by molar-refractivity contribution is 7.09. The molecule has 0 radical (unpaired) electrons. The number of aliphatic imine (C=N–C) groups is 1. The van der Waals surface area contributed by atoms with Crippen LogP contribution in [0.1, 0.15) is 33.5 Å². The average molecular weight is 427 g/mol. The van der Waals surface area contributed by atoms with E-state index >= 15 is 0 Å². The summed E-state index contributed by atoms with van der Waals surface area (Å²) in [5.74, 6) is 0.500. The van der Waals surface area contributed by atoms with Crippen molar-refractivity contribution < 1.29 is 18.0 Å². The predicted octanol–water partition coefficient (Wildman–Crippen LogP) is 3.16. The van der Waals surface area contributed by atoms with Gasteiger partial charge < -0.3 is 15.5 Å². The molecule has 1 aromatic carbocycles. The Labute approximate surface area is 171 Å². The SMILES string of the molecule is CCNC(=NCc1ccc(C(=O)N(C)C)cc1)NCCc1nc(C(F)(F)F)cs1. The number of aromatic nitrogens is 1. The molecule has 6 nitrogen and oxygen atoms in total. The van der Waals surface area contributed by atoms with Crippen LogP contribution in [0.2, 0.25) is 0 Å². The summed E-state index contributed by atoms with van der Waals surface area (Å²) < 4.78 is 37.8. The van der Waals surface area contributed by atoms with Crippen molar-refractivity contribution in [2.45, 2.75) is 26.1 Å². The highest BCUT2D eigenvalue weighted by Gasteiger charge is 2.33. The Balaban J connectivity index is 1.90. The lowest BCUT2D eigenvalue weighted by atomic mass is 10.1. The molecule has 0 aliphatic heterocycles. The van der Waals surface area contributed by atoms with Crippen molar-refractivity contribution in [3.63, 3.8) is 0 Å². The number of thiazole rings is 1. The maximum absolute atomic E-state index is 12.6. The van der Waals surface area contributed by atoms with E-state index in [0.717, 1.165) is 22.3 Å². The third-order valence-corrected chi connectivity index (χ3v) is 4.75. The second kappa shape index (κ2) is 10.2. The van der Waals surface area contributed by atoms with Gasteiger partial charge >= 0.3 is 6.18 Å². The van der Waals surface area contributed by atoms with Crippen LogP contribution in [0.25, 0.3) is 0 Å². The van der Waals surface area contributed by atoms with Crippen molar-refractivity contribution in [1.29, 1.82) is 0 Å². The Morgan fingerprint density at radius 3 is 2.45 bits per heavy atom. The topological polar surface area (TPSA) is 69.6 Å². The van der Waals surface area contributed by atoms with Crippen molar-refractivity contribution in [1.82, 2.24) is 20.5 Å². The van der Waals surface area contributed by atoms with Gasteiger partial charge in [0.2, 0.25) is 0 Å². The standard InChI is InChI=1S/C19H24F3N5OS/c1-4-23-18(24-10-9-16-26-15(12-29-16)19(20,21)22)25-11-13-5-7-14(8-6-13)17(28)27(2)3/h5-8,12H,4,9-11H2,1-3H3,(H2,23,24,25). The van der Waals surface area contributed by atoms with Gasteiger partial charge in [0, 0.05) is 44.5 Å². The van der Waals surface area contributed by atoms with Crippen LogP contribution in [0.3, 0.4) is 0 Å². The van der Waals surface area contributed by atoms with Crippen molar-refractivity contribution >= 4 is 23.2 Å². The van der Waals surface area contributed by atoms with E-state index in [0.29, 0.717) is 42.6 Å². The molecule has 0 saturated heterocycles. The van der Waals surface area contributed by atoms with Crippen LogP contribution in [-0.2, 0) is 19.1 Å². The molecule has 0 atom stereocenters. The van der Waals surface area contributed by atoms with Gasteiger partial charge in [0.15, 0.2) is 11.7 Å². The molecule has 0 fully saturated rings. The number of rotatable bonds is 7. The minimum Gasteiger partial charge on any atom is -0.357 e. The largest absolute Gasteiger partial charge is 0.434 e. The van der Waals surface area contributed by atoms with Crippen molar-refractivity contribution in [2.75, 3.05) is 27.2 Å². The molecule has 1 heterocycles. The Kier molecular flexibility index (Phi) is 8.00. The quantitative estimate of drug-likeness (QED) is 0.526. The summed E-state index contributed by atoms with van der Waals surface area (Å²) in [5, 5.41) is 7.64. The van der Waals surface area contributed by atoms with Gasteiger partial charge in [0.25, 0.3) is 5.91 Å². The number of hydrogen-bond acceptors (Lipinski definition) is 4. The van der Waals surface area contributed by atoms with E-state index in [2.05, 4.69) is 20.6 Å². The predicted molar refractivity (Wildman–Crippen MR) is 108 cm³/mol. The first-order valence-corrected chi connectivity index (χ1v) is 9.93. The highest BCUT2D eigenvalue weighted by Crippen LogP contribution is 2.29. The second-order valence-corrected chi connectivity index (χ2v) is 7.34. The molecule has 158 valence electrons. The van der Waals surface area contributed by atoms with Crippen LogP contribution < -0.4 is 10.6 Å². The van der Waals surface area contributed by atoms with Crippen LogP contribution in [0, 0.1) is 0 Å². The molecular formula is C19H24F3N5OS. The van der Waals surface area contributed by atoms with Crippen LogP contribution in [0.5, 0.6) is 0 Å². The lowest BCUT2D eigenvalue weighted by Crippen LogP contribution is -2.38. The smallest absolute Gasteiger partial charge is 0.357 e. The molecule has 0 spiro atoms. The number of hydrogen-bond donors (Lipinski definition) is 2. The van der Waals surface area contributed by atoms with Gasteiger partial charge in [-0.15, -0.1) is 11.3 Å². The number of amides is 1. The summed E-state index contributed by atoms with van der Waals surface area (Å²) in [7, 11) is 3.40. The van der Waals surface area contributed by atoms with Crippen molar-refractivity contribution in [3.05, 3.63) is 51.5 Å². The van der Waals surface area contributed by atoms with Gasteiger partial charge in [-0.3, -0.25) is 4.79 Å². The van der Waals surface area contributed by atoms with E-state index < -0.39 is 11.9 Å². The minimum atomic E-state index is -4.41. The van der Waals surface area contributed by atoms with Crippen LogP contribution >= 0.6 is 11.3 Å². The minimum absolute atomic E-state index is 0.0640. The summed E-state index contributed by atoms with van der Waals surface area (Å²) in [5.41, 5.74) is 0.691. The number of nitrogens with one attached hydrogen (secondary N) is 2. The maximum atomic E-state index is 12.6. The molecule has 0 unspecified atom stereocenters. The molecule has 2 rings (SSSR count). The maximum Gasteiger partial charge on any atom is 0.434 e. The number of halogens is 3. The van der Waals surface area contributed by atoms with E-state index in [1.807, 2.05) is 19.1 Å². The molecule has 0 aliphatic carbocycles. The molecule has 1 amide bonds. The van der Waals surface area contributed by atoms with E-state index in [4.69, 9.17) is 0 Å². The Bertz CT molecular complexity index is 831. The third-order valence-electron chi connectivity index (χ3n) is 3.84. The van der Waals surface area contributed by atoms with E-state index in [1.165, 1.54) is 4.90 Å². The fourth-order valence-corrected chi connectivity index (χ4v) is 3.17. The first kappa shape index (κ1) is 22.7. The van der Waals surface area contributed by atoms with Crippen LogP contribution in [0.15, 0.2) is 34.6 Å². The zero-order valence-corrected chi connectivity index (χ0v) is 17.3. The van der Waals surface area contributed by atoms with Gasteiger partial charge in [0.1, 0.15) is 0 Å². The molecule has 0 bridgehead atoms. The summed E-state index contributed by atoms with van der Waals surface area (Å²) >= 11 is 0.995. The number of carbonyl (C=O) groups is 1. The number of guanidine groups is 1. The van der Waals surface area contributed by atoms with Crippen LogP contribution in [-0.4, -0.2) is 48.9 Å². The highest BCUT2D eigenvalue weighted by atomic mass is 32.1. The normalized spacial score (nSPS) is 12.0. The molecule has 1 aromatic heterocycles. The van der Waals surface area contributed by atoms with Gasteiger partial charge in [-0.25, -0.2) is 9.98 Å². The van der Waals surface area contributed by atoms with Gasteiger partial charge in [-0.1, -0.05) is 12.1 Å². The van der Waals surface area contributed by atoms with Crippen molar-refractivity contribution in [2.24, 2.45) is 4.99 Å². The molecule has 2 N–H and O–H groups in total. The lowest BCUT2D eigenvalue weighted by molar-refractivity contribution is -0.140. The summed E-state index contributed by atoms with van der Waals surface area (Å²) in [6.07, 6.45) is -4.04. The summed E-state index contributed by atoms with van der Waals surface area (Å²) in [6.45, 7) is 3.39. The zero-order chi connectivity index (χ0) is 21.4. The first-order chi connectivity index (χ1) is 13.7. The number of benzene rings is 1.